The second kappa shape index (κ2) is 6.81. The van der Waals surface area contributed by atoms with E-state index >= 15 is 0 Å². The van der Waals surface area contributed by atoms with Gasteiger partial charge < -0.3 is 9.64 Å². The van der Waals surface area contributed by atoms with E-state index in [9.17, 15) is 13.2 Å². The van der Waals surface area contributed by atoms with Gasteiger partial charge in [0.25, 0.3) is 0 Å². The fourth-order valence-electron chi connectivity index (χ4n) is 2.67. The topological polar surface area (TPSA) is 87.5 Å². The molecule has 1 aliphatic heterocycles. The zero-order chi connectivity index (χ0) is 18.0. The molecule has 0 N–H and O–H groups in total. The minimum Gasteiger partial charge on any atom is -0.444 e. The first-order valence-electron chi connectivity index (χ1n) is 7.86. The molecule has 0 aromatic heterocycles. The molecule has 1 heterocycles. The maximum absolute atomic E-state index is 12.9. The summed E-state index contributed by atoms with van der Waals surface area (Å²) in [4.78, 5) is 13.7. The van der Waals surface area contributed by atoms with Crippen molar-refractivity contribution in [3.8, 4) is 6.07 Å². The maximum atomic E-state index is 12.9. The highest BCUT2D eigenvalue weighted by atomic mass is 32.2. The minimum atomic E-state index is -3.69. The van der Waals surface area contributed by atoms with Crippen LogP contribution in [0.3, 0.4) is 0 Å². The van der Waals surface area contributed by atoms with Crippen LogP contribution in [-0.4, -0.2) is 43.4 Å². The number of nitriles is 1. The Kier molecular flexibility index (Phi) is 5.19. The number of nitrogens with zero attached hydrogens (tertiary/aromatic N) is 2. The van der Waals surface area contributed by atoms with E-state index in [0.717, 1.165) is 0 Å². The number of piperidine rings is 1. The van der Waals surface area contributed by atoms with E-state index < -0.39 is 26.8 Å². The number of ether oxygens (including phenoxy) is 1. The summed E-state index contributed by atoms with van der Waals surface area (Å²) in [6.07, 6.45) is 0.537. The Morgan fingerprint density at radius 2 is 2.00 bits per heavy atom. The third-order valence-electron chi connectivity index (χ3n) is 3.78. The summed E-state index contributed by atoms with van der Waals surface area (Å²) >= 11 is 0. The van der Waals surface area contributed by atoms with Crippen LogP contribution in [0.4, 0.5) is 4.79 Å². The van der Waals surface area contributed by atoms with Crippen molar-refractivity contribution in [3.63, 3.8) is 0 Å². The highest BCUT2D eigenvalue weighted by molar-refractivity contribution is 7.92. The lowest BCUT2D eigenvalue weighted by atomic mass is 10.1. The van der Waals surface area contributed by atoms with Gasteiger partial charge in [0.2, 0.25) is 0 Å². The molecule has 1 aliphatic rings. The van der Waals surface area contributed by atoms with Crippen molar-refractivity contribution >= 4 is 15.9 Å². The van der Waals surface area contributed by atoms with Crippen LogP contribution >= 0.6 is 0 Å². The monoisotopic (exact) mass is 350 g/mol. The number of carbonyl (C=O) groups is 1. The van der Waals surface area contributed by atoms with E-state index in [4.69, 9.17) is 10.00 Å². The molecule has 0 aliphatic carbocycles. The fourth-order valence-corrected chi connectivity index (χ4v) is 4.57. The molecule has 0 unspecified atom stereocenters. The van der Waals surface area contributed by atoms with Crippen LogP contribution in [-0.2, 0) is 14.6 Å². The van der Waals surface area contributed by atoms with E-state index in [1.54, 1.807) is 32.9 Å². The van der Waals surface area contributed by atoms with Gasteiger partial charge in [0, 0.05) is 13.1 Å². The Morgan fingerprint density at radius 1 is 1.33 bits per heavy atom. The molecular weight excluding hydrogens is 328 g/mol. The molecule has 0 saturated carbocycles. The van der Waals surface area contributed by atoms with Crippen molar-refractivity contribution in [1.82, 2.24) is 4.90 Å². The standard InChI is InChI=1S/C17H22N2O4S/c1-17(2,3)23-16(20)19-10-6-8-14(12-19)24(21,22)15-9-5-4-7-13(15)11-18/h4-5,7,9,14H,6,8,10,12H2,1-3H3/t14-/m1/s1. The van der Waals surface area contributed by atoms with Crippen LogP contribution in [0.15, 0.2) is 29.2 Å². The molecule has 6 nitrogen and oxygen atoms in total. The summed E-state index contributed by atoms with van der Waals surface area (Å²) in [7, 11) is -3.69. The van der Waals surface area contributed by atoms with Gasteiger partial charge in [0.05, 0.1) is 15.7 Å². The predicted molar refractivity (Wildman–Crippen MR) is 89.2 cm³/mol. The maximum Gasteiger partial charge on any atom is 0.410 e. The molecule has 7 heteroatoms. The molecule has 0 bridgehead atoms. The second-order valence-electron chi connectivity index (χ2n) is 6.84. The van der Waals surface area contributed by atoms with Gasteiger partial charge in [-0.15, -0.1) is 0 Å². The van der Waals surface area contributed by atoms with Gasteiger partial charge in [-0.2, -0.15) is 5.26 Å². The van der Waals surface area contributed by atoms with Crippen molar-refractivity contribution < 1.29 is 17.9 Å². The fraction of sp³-hybridized carbons (Fsp3) is 0.529. The third kappa shape index (κ3) is 4.06. The molecule has 1 atom stereocenters. The Morgan fingerprint density at radius 3 is 2.62 bits per heavy atom. The van der Waals surface area contributed by atoms with Gasteiger partial charge in [0.1, 0.15) is 11.7 Å². The molecule has 130 valence electrons. The van der Waals surface area contributed by atoms with Gasteiger partial charge in [-0.1, -0.05) is 12.1 Å². The summed E-state index contributed by atoms with van der Waals surface area (Å²) in [6, 6.07) is 8.08. The lowest BCUT2D eigenvalue weighted by Crippen LogP contribution is -2.47. The number of hydrogen-bond acceptors (Lipinski definition) is 5. The summed E-state index contributed by atoms with van der Waals surface area (Å²) in [6.45, 7) is 5.86. The quantitative estimate of drug-likeness (QED) is 0.818. The van der Waals surface area contributed by atoms with Gasteiger partial charge in [0.15, 0.2) is 9.84 Å². The van der Waals surface area contributed by atoms with Gasteiger partial charge in [-0.25, -0.2) is 13.2 Å². The SMILES string of the molecule is CC(C)(C)OC(=O)N1CCC[C@@H](S(=O)(=O)c2ccccc2C#N)C1. The second-order valence-corrected chi connectivity index (χ2v) is 9.04. The number of benzene rings is 1. The van der Waals surface area contributed by atoms with Crippen molar-refractivity contribution in [2.24, 2.45) is 0 Å². The average molecular weight is 350 g/mol. The van der Waals surface area contributed by atoms with E-state index in [1.807, 2.05) is 6.07 Å². The van der Waals surface area contributed by atoms with Crippen LogP contribution in [0, 0.1) is 11.3 Å². The van der Waals surface area contributed by atoms with Crippen molar-refractivity contribution in [2.45, 2.75) is 49.4 Å². The minimum absolute atomic E-state index is 0.0311. The highest BCUT2D eigenvalue weighted by Crippen LogP contribution is 2.26. The highest BCUT2D eigenvalue weighted by Gasteiger charge is 2.36. The summed E-state index contributed by atoms with van der Waals surface area (Å²) in [5.41, 5.74) is -0.497. The number of hydrogen-bond donors (Lipinski definition) is 0. The van der Waals surface area contributed by atoms with Crippen molar-refractivity contribution in [3.05, 3.63) is 29.8 Å². The van der Waals surface area contributed by atoms with Gasteiger partial charge in [-0.3, -0.25) is 0 Å². The van der Waals surface area contributed by atoms with Crippen molar-refractivity contribution in [1.29, 1.82) is 5.26 Å². The summed E-state index contributed by atoms with van der Waals surface area (Å²) < 4.78 is 31.1. The molecule has 1 aromatic rings. The molecule has 1 saturated heterocycles. The van der Waals surface area contributed by atoms with E-state index in [2.05, 4.69) is 0 Å². The molecule has 1 aromatic carbocycles. The molecule has 24 heavy (non-hydrogen) atoms. The summed E-state index contributed by atoms with van der Waals surface area (Å²) in [5.74, 6) is 0. The number of likely N-dealkylation sites (tertiary alicyclic amines) is 1. The van der Waals surface area contributed by atoms with E-state index in [-0.39, 0.29) is 17.0 Å². The zero-order valence-electron chi connectivity index (χ0n) is 14.2. The van der Waals surface area contributed by atoms with Gasteiger partial charge >= 0.3 is 6.09 Å². The Balaban J connectivity index is 2.23. The Labute approximate surface area is 142 Å². The summed E-state index contributed by atoms with van der Waals surface area (Å²) in [5, 5.41) is 8.42. The third-order valence-corrected chi connectivity index (χ3v) is 6.01. The predicted octanol–water partition coefficient (Wildman–Crippen LogP) is 2.73. The zero-order valence-corrected chi connectivity index (χ0v) is 15.0. The average Bonchev–Trinajstić information content (AvgIpc) is 2.53. The molecule has 1 fully saturated rings. The molecule has 0 spiro atoms. The molecular formula is C17H22N2O4S. The largest absolute Gasteiger partial charge is 0.444 e. The normalized spacial score (nSPS) is 18.8. The Bertz CT molecular complexity index is 760. The van der Waals surface area contributed by atoms with Crippen LogP contribution < -0.4 is 0 Å². The molecule has 0 radical (unpaired) electrons. The Hall–Kier alpha value is -2.07. The lowest BCUT2D eigenvalue weighted by molar-refractivity contribution is 0.0219. The smallest absolute Gasteiger partial charge is 0.410 e. The lowest BCUT2D eigenvalue weighted by Gasteiger charge is -2.33. The first-order valence-corrected chi connectivity index (χ1v) is 9.41. The molecule has 1 amide bonds. The van der Waals surface area contributed by atoms with Crippen LogP contribution in [0.25, 0.3) is 0 Å². The van der Waals surface area contributed by atoms with Crippen LogP contribution in [0.2, 0.25) is 0 Å². The van der Waals surface area contributed by atoms with Crippen LogP contribution in [0.5, 0.6) is 0 Å². The number of sulfone groups is 1. The van der Waals surface area contributed by atoms with Crippen molar-refractivity contribution in [2.75, 3.05) is 13.1 Å². The van der Waals surface area contributed by atoms with Gasteiger partial charge in [-0.05, 0) is 45.7 Å². The van der Waals surface area contributed by atoms with Crippen LogP contribution in [0.1, 0.15) is 39.2 Å². The van der Waals surface area contributed by atoms with E-state index in [0.29, 0.717) is 19.4 Å². The number of amides is 1. The first kappa shape index (κ1) is 18.3. The first-order chi connectivity index (χ1) is 11.1. The number of carbonyl (C=O) groups excluding carboxylic acids is 1. The molecule has 2 rings (SSSR count). The van der Waals surface area contributed by atoms with E-state index in [1.165, 1.54) is 17.0 Å². The number of rotatable bonds is 2.